The molecule has 0 aliphatic heterocycles. The second-order valence-corrected chi connectivity index (χ2v) is 11.5. The van der Waals surface area contributed by atoms with E-state index in [1.165, 1.54) is 19.2 Å². The van der Waals surface area contributed by atoms with Gasteiger partial charge in [-0.15, -0.1) is 11.8 Å². The molecule has 38 heavy (non-hydrogen) atoms. The van der Waals surface area contributed by atoms with Crippen molar-refractivity contribution in [2.24, 2.45) is 17.8 Å². The summed E-state index contributed by atoms with van der Waals surface area (Å²) < 4.78 is 36.4. The lowest BCUT2D eigenvalue weighted by atomic mass is 9.89. The third kappa shape index (κ3) is 10.0. The lowest BCUT2D eigenvalue weighted by molar-refractivity contribution is -0.140. The monoisotopic (exact) mass is 546 g/mol. The number of unbranched alkanes of at least 4 members (excludes halogenated alkanes) is 1. The van der Waals surface area contributed by atoms with Gasteiger partial charge in [0.05, 0.1) is 30.3 Å². The summed E-state index contributed by atoms with van der Waals surface area (Å²) in [4.78, 5) is 11.4. The Morgan fingerprint density at radius 3 is 2.58 bits per heavy atom. The molecule has 1 aliphatic rings. The number of methoxy groups -OCH3 is 1. The molecule has 6 atom stereocenters. The van der Waals surface area contributed by atoms with Gasteiger partial charge in [0.15, 0.2) is 0 Å². The maximum absolute atomic E-state index is 13.0. The van der Waals surface area contributed by atoms with Crippen LogP contribution in [0.25, 0.3) is 0 Å². The summed E-state index contributed by atoms with van der Waals surface area (Å²) in [6, 6.07) is 6.46. The summed E-state index contributed by atoms with van der Waals surface area (Å²) in [6.45, 7) is 5.76. The van der Waals surface area contributed by atoms with Crippen LogP contribution in [0.2, 0.25) is 0 Å². The topological polar surface area (TPSA) is 110 Å². The van der Waals surface area contributed by atoms with Crippen LogP contribution >= 0.6 is 0 Å². The summed E-state index contributed by atoms with van der Waals surface area (Å²) in [5.41, 5.74) is 0.939. The third-order valence-electron chi connectivity index (χ3n) is 6.84. The predicted octanol–water partition coefficient (Wildman–Crippen LogP) is 4.71. The van der Waals surface area contributed by atoms with Gasteiger partial charge in [-0.3, -0.25) is 8.98 Å². The van der Waals surface area contributed by atoms with E-state index in [0.29, 0.717) is 32.1 Å². The number of benzene rings is 1. The van der Waals surface area contributed by atoms with E-state index in [-0.39, 0.29) is 29.1 Å². The summed E-state index contributed by atoms with van der Waals surface area (Å²) in [7, 11) is -2.67. The molecule has 1 fully saturated rings. The van der Waals surface area contributed by atoms with E-state index in [1.807, 2.05) is 32.9 Å². The second-order valence-electron chi connectivity index (χ2n) is 9.89. The first-order valence-corrected chi connectivity index (χ1v) is 14.7. The molecule has 0 spiro atoms. The Labute approximate surface area is 228 Å². The second kappa shape index (κ2) is 15.8. The molecule has 8 heteroatoms. The number of carbonyl (C=O) groups is 1. The van der Waals surface area contributed by atoms with Crippen LogP contribution in [0.4, 0.5) is 0 Å². The molecule has 1 aliphatic carbocycles. The van der Waals surface area contributed by atoms with Crippen LogP contribution < -0.4 is 0 Å². The summed E-state index contributed by atoms with van der Waals surface area (Å²) >= 11 is 0. The molecule has 0 heterocycles. The summed E-state index contributed by atoms with van der Waals surface area (Å²) in [5.74, 6) is 5.01. The summed E-state index contributed by atoms with van der Waals surface area (Å²) in [5, 5.41) is 21.5. The van der Waals surface area contributed by atoms with E-state index in [0.717, 1.165) is 12.0 Å². The van der Waals surface area contributed by atoms with E-state index in [4.69, 9.17) is 4.18 Å². The van der Waals surface area contributed by atoms with Gasteiger partial charge in [-0.1, -0.05) is 55.8 Å². The van der Waals surface area contributed by atoms with Crippen LogP contribution in [0.1, 0.15) is 64.4 Å². The first kappa shape index (κ1) is 31.8. The highest BCUT2D eigenvalue weighted by atomic mass is 32.2. The van der Waals surface area contributed by atoms with E-state index < -0.39 is 34.3 Å². The van der Waals surface area contributed by atoms with Crippen LogP contribution in [0.15, 0.2) is 53.5 Å². The number of hydrogen-bond donors (Lipinski definition) is 2. The SMILES string of the molecule is CCC#CCC(C)[C@H](O)C=C[C@@H]1[C@@H](CC=CCCCC(=O)OC)[C@H](OS(=O)(=O)c2ccc(C)cc2)C[C@H]1O. The van der Waals surface area contributed by atoms with E-state index >= 15 is 0 Å². The van der Waals surface area contributed by atoms with Crippen molar-refractivity contribution in [2.75, 3.05) is 7.11 Å². The minimum atomic E-state index is -4.02. The van der Waals surface area contributed by atoms with Gasteiger partial charge in [-0.25, -0.2) is 0 Å². The number of esters is 1. The molecule has 0 saturated heterocycles. The fourth-order valence-corrected chi connectivity index (χ4v) is 5.59. The van der Waals surface area contributed by atoms with Crippen molar-refractivity contribution in [3.05, 3.63) is 54.1 Å². The largest absolute Gasteiger partial charge is 0.469 e. The fourth-order valence-electron chi connectivity index (χ4n) is 4.47. The van der Waals surface area contributed by atoms with Crippen LogP contribution in [-0.2, 0) is 23.8 Å². The number of aliphatic hydroxyl groups excluding tert-OH is 2. The molecule has 1 unspecified atom stereocenters. The van der Waals surface area contributed by atoms with E-state index in [1.54, 1.807) is 24.3 Å². The first-order valence-electron chi connectivity index (χ1n) is 13.3. The Morgan fingerprint density at radius 2 is 1.92 bits per heavy atom. The number of carbonyl (C=O) groups excluding carboxylic acids is 1. The molecule has 1 aromatic rings. The third-order valence-corrected chi connectivity index (χ3v) is 8.19. The van der Waals surface area contributed by atoms with Crippen molar-refractivity contribution >= 4 is 16.1 Å². The zero-order chi connectivity index (χ0) is 28.1. The Morgan fingerprint density at radius 1 is 1.21 bits per heavy atom. The molecular formula is C30H42O7S. The fraction of sp³-hybridized carbons (Fsp3) is 0.567. The van der Waals surface area contributed by atoms with Crippen LogP contribution in [0.3, 0.4) is 0 Å². The minimum Gasteiger partial charge on any atom is -0.469 e. The van der Waals surface area contributed by atoms with Crippen molar-refractivity contribution in [1.29, 1.82) is 0 Å². The zero-order valence-electron chi connectivity index (χ0n) is 22.9. The highest BCUT2D eigenvalue weighted by Gasteiger charge is 2.43. The van der Waals surface area contributed by atoms with Gasteiger partial charge in [0, 0.05) is 31.6 Å². The molecule has 0 radical (unpaired) electrons. The number of hydrogen-bond acceptors (Lipinski definition) is 7. The molecule has 2 N–H and O–H groups in total. The highest BCUT2D eigenvalue weighted by molar-refractivity contribution is 7.86. The highest BCUT2D eigenvalue weighted by Crippen LogP contribution is 2.40. The summed E-state index contributed by atoms with van der Waals surface area (Å²) in [6.07, 6.45) is 8.68. The van der Waals surface area contributed by atoms with Gasteiger partial charge in [-0.2, -0.15) is 8.42 Å². The van der Waals surface area contributed by atoms with Gasteiger partial charge in [-0.05, 0) is 50.2 Å². The van der Waals surface area contributed by atoms with Crippen molar-refractivity contribution < 1.29 is 32.3 Å². The minimum absolute atomic E-state index is 0.0751. The first-order chi connectivity index (χ1) is 18.1. The lowest BCUT2D eigenvalue weighted by Crippen LogP contribution is -2.25. The van der Waals surface area contributed by atoms with Gasteiger partial charge in [0.1, 0.15) is 0 Å². The Bertz CT molecular complexity index is 1100. The maximum atomic E-state index is 13.0. The Balaban J connectivity index is 2.17. The van der Waals surface area contributed by atoms with E-state index in [2.05, 4.69) is 16.6 Å². The Hall–Kier alpha value is -2.44. The molecule has 2 rings (SSSR count). The number of rotatable bonds is 13. The van der Waals surface area contributed by atoms with Crippen molar-refractivity contribution in [2.45, 2.75) is 88.9 Å². The van der Waals surface area contributed by atoms with Crippen molar-refractivity contribution in [1.82, 2.24) is 0 Å². The lowest BCUT2D eigenvalue weighted by Gasteiger charge is -2.23. The number of aryl methyl sites for hydroxylation is 1. The van der Waals surface area contributed by atoms with E-state index in [9.17, 15) is 23.4 Å². The molecule has 0 bridgehead atoms. The number of allylic oxidation sites excluding steroid dienone is 2. The average Bonchev–Trinajstić information content (AvgIpc) is 3.17. The standard InChI is InChI=1S/C30H42O7S/c1-5-6-9-12-23(3)27(31)20-19-25-26(13-10-7-8-11-14-30(33)36-4)29(21-28(25)32)37-38(34,35)24-17-15-22(2)16-18-24/h7,10,15-20,23,25-29,31-32H,5,8,11-14,21H2,1-4H3/t23?,25-,26-,27-,28-,29-/m1/s1. The maximum Gasteiger partial charge on any atom is 0.305 e. The average molecular weight is 547 g/mol. The zero-order valence-corrected chi connectivity index (χ0v) is 23.7. The molecular weight excluding hydrogens is 504 g/mol. The van der Waals surface area contributed by atoms with Gasteiger partial charge in [0.2, 0.25) is 0 Å². The molecule has 1 aromatic carbocycles. The van der Waals surface area contributed by atoms with Crippen LogP contribution in [0.5, 0.6) is 0 Å². The molecule has 0 aromatic heterocycles. The van der Waals surface area contributed by atoms with Crippen LogP contribution in [0, 0.1) is 36.5 Å². The Kier molecular flexibility index (Phi) is 13.3. The predicted molar refractivity (Wildman–Crippen MR) is 147 cm³/mol. The molecule has 1 saturated carbocycles. The van der Waals surface area contributed by atoms with Gasteiger partial charge < -0.3 is 14.9 Å². The van der Waals surface area contributed by atoms with Crippen LogP contribution in [-0.4, -0.2) is 50.0 Å². The normalized spacial score (nSPS) is 23.3. The van der Waals surface area contributed by atoms with Crippen molar-refractivity contribution in [3.63, 3.8) is 0 Å². The molecule has 210 valence electrons. The number of aliphatic hydroxyl groups is 2. The quantitative estimate of drug-likeness (QED) is 0.121. The van der Waals surface area contributed by atoms with Gasteiger partial charge >= 0.3 is 5.97 Å². The number of ether oxygens (including phenoxy) is 1. The van der Waals surface area contributed by atoms with Gasteiger partial charge in [0.25, 0.3) is 10.1 Å². The van der Waals surface area contributed by atoms with Crippen molar-refractivity contribution in [3.8, 4) is 11.8 Å². The molecule has 7 nitrogen and oxygen atoms in total. The smallest absolute Gasteiger partial charge is 0.305 e. The molecule has 0 amide bonds.